The molecule has 0 unspecified atom stereocenters. The lowest BCUT2D eigenvalue weighted by atomic mass is 10.2. The second-order valence-corrected chi connectivity index (χ2v) is 4.17. The maximum atomic E-state index is 10.8. The van der Waals surface area contributed by atoms with Crippen LogP contribution in [0.4, 0.5) is 5.82 Å². The Kier molecular flexibility index (Phi) is 2.45. The molecular weight excluding hydrogens is 242 g/mol. The van der Waals surface area contributed by atoms with Gasteiger partial charge in [-0.2, -0.15) is 0 Å². The number of rotatable bonds is 2. The van der Waals surface area contributed by atoms with Crippen LogP contribution in [0.3, 0.4) is 0 Å². The summed E-state index contributed by atoms with van der Waals surface area (Å²) < 4.78 is 1.70. The lowest BCUT2D eigenvalue weighted by Crippen LogP contribution is -2.00. The molecule has 94 valence electrons. The van der Waals surface area contributed by atoms with Crippen LogP contribution in [0.2, 0.25) is 0 Å². The zero-order valence-corrected chi connectivity index (χ0v) is 9.95. The van der Waals surface area contributed by atoms with Crippen LogP contribution < -0.4 is 5.73 Å². The molecule has 0 spiro atoms. The number of hydrogen-bond donors (Lipinski definition) is 2. The quantitative estimate of drug-likeness (QED) is 0.734. The minimum Gasteiger partial charge on any atom is -0.478 e. The average molecular weight is 253 g/mol. The predicted molar refractivity (Wildman–Crippen MR) is 72.4 cm³/mol. The van der Waals surface area contributed by atoms with Crippen molar-refractivity contribution < 1.29 is 9.90 Å². The molecule has 0 fully saturated rings. The number of nitrogens with zero attached hydrogens (tertiary/aromatic N) is 2. The number of anilines is 1. The molecule has 0 aliphatic rings. The van der Waals surface area contributed by atoms with Gasteiger partial charge in [0.2, 0.25) is 0 Å². The van der Waals surface area contributed by atoms with Gasteiger partial charge in [-0.25, -0.2) is 9.48 Å². The maximum Gasteiger partial charge on any atom is 0.335 e. The highest BCUT2D eigenvalue weighted by molar-refractivity contribution is 5.90. The number of carboxylic acids is 1. The van der Waals surface area contributed by atoms with Crippen molar-refractivity contribution in [3.05, 3.63) is 54.1 Å². The molecule has 2 aromatic carbocycles. The van der Waals surface area contributed by atoms with E-state index in [0.717, 1.165) is 16.6 Å². The van der Waals surface area contributed by atoms with Crippen LogP contribution in [-0.2, 0) is 0 Å². The first-order valence-corrected chi connectivity index (χ1v) is 5.74. The molecule has 0 aliphatic carbocycles. The van der Waals surface area contributed by atoms with Crippen molar-refractivity contribution in [2.24, 2.45) is 0 Å². The summed E-state index contributed by atoms with van der Waals surface area (Å²) in [6, 6.07) is 14.1. The zero-order valence-electron chi connectivity index (χ0n) is 9.95. The highest BCUT2D eigenvalue weighted by Crippen LogP contribution is 2.23. The number of nitrogens with two attached hydrogens (primary N) is 1. The Bertz CT molecular complexity index is 760. The smallest absolute Gasteiger partial charge is 0.335 e. The number of benzene rings is 2. The molecule has 0 saturated carbocycles. The highest BCUT2D eigenvalue weighted by atomic mass is 16.4. The Labute approximate surface area is 108 Å². The molecule has 3 rings (SSSR count). The molecule has 0 saturated heterocycles. The molecule has 19 heavy (non-hydrogen) atoms. The van der Waals surface area contributed by atoms with Crippen LogP contribution in [0, 0.1) is 0 Å². The Morgan fingerprint density at radius 2 is 1.79 bits per heavy atom. The molecule has 1 heterocycles. The number of nitrogen functional groups attached to an aromatic ring is 1. The number of aromatic nitrogens is 2. The van der Waals surface area contributed by atoms with E-state index in [1.165, 1.54) is 0 Å². The van der Waals surface area contributed by atoms with E-state index in [4.69, 9.17) is 10.8 Å². The van der Waals surface area contributed by atoms with Gasteiger partial charge < -0.3 is 10.8 Å². The summed E-state index contributed by atoms with van der Waals surface area (Å²) in [5.41, 5.74) is 7.78. The molecule has 3 N–H and O–H groups in total. The van der Waals surface area contributed by atoms with Crippen LogP contribution in [0.1, 0.15) is 10.4 Å². The van der Waals surface area contributed by atoms with Crippen molar-refractivity contribution >= 4 is 22.7 Å². The van der Waals surface area contributed by atoms with E-state index in [2.05, 4.69) is 5.10 Å². The number of aromatic carboxylic acids is 1. The van der Waals surface area contributed by atoms with E-state index >= 15 is 0 Å². The number of carbonyl (C=O) groups is 1. The Balaban J connectivity index is 2.16. The number of hydrogen-bond acceptors (Lipinski definition) is 3. The van der Waals surface area contributed by atoms with Crippen LogP contribution in [0.15, 0.2) is 48.5 Å². The van der Waals surface area contributed by atoms with Gasteiger partial charge >= 0.3 is 5.97 Å². The van der Waals surface area contributed by atoms with Gasteiger partial charge in [-0.1, -0.05) is 12.1 Å². The highest BCUT2D eigenvalue weighted by Gasteiger charge is 2.09. The largest absolute Gasteiger partial charge is 0.478 e. The molecular formula is C14H11N3O2. The van der Waals surface area contributed by atoms with Gasteiger partial charge in [0.1, 0.15) is 0 Å². The second-order valence-electron chi connectivity index (χ2n) is 4.17. The lowest BCUT2D eigenvalue weighted by molar-refractivity contribution is 0.0697. The third kappa shape index (κ3) is 1.81. The third-order valence-electron chi connectivity index (χ3n) is 2.97. The minimum absolute atomic E-state index is 0.244. The summed E-state index contributed by atoms with van der Waals surface area (Å²) in [5.74, 6) is -0.491. The SMILES string of the molecule is Nc1nn(-c2ccc(C(=O)O)cc2)c2ccccc12. The third-order valence-corrected chi connectivity index (χ3v) is 2.97. The van der Waals surface area contributed by atoms with E-state index in [9.17, 15) is 4.79 Å². The van der Waals surface area contributed by atoms with Gasteiger partial charge in [0, 0.05) is 5.39 Å². The van der Waals surface area contributed by atoms with Crippen molar-refractivity contribution in [1.82, 2.24) is 9.78 Å². The van der Waals surface area contributed by atoms with E-state index in [-0.39, 0.29) is 5.56 Å². The minimum atomic E-state index is -0.948. The summed E-state index contributed by atoms with van der Waals surface area (Å²) >= 11 is 0. The molecule has 0 bridgehead atoms. The Hall–Kier alpha value is -2.82. The van der Waals surface area contributed by atoms with Crippen molar-refractivity contribution in [2.45, 2.75) is 0 Å². The lowest BCUT2D eigenvalue weighted by Gasteiger charge is -2.03. The van der Waals surface area contributed by atoms with Gasteiger partial charge in [-0.15, -0.1) is 5.10 Å². The molecule has 0 amide bonds. The van der Waals surface area contributed by atoms with Crippen molar-refractivity contribution in [1.29, 1.82) is 0 Å². The van der Waals surface area contributed by atoms with Crippen molar-refractivity contribution in [2.75, 3.05) is 5.73 Å². The Morgan fingerprint density at radius 1 is 1.11 bits per heavy atom. The zero-order chi connectivity index (χ0) is 13.4. The van der Waals surface area contributed by atoms with E-state index in [1.807, 2.05) is 24.3 Å². The van der Waals surface area contributed by atoms with Crippen LogP contribution >= 0.6 is 0 Å². The maximum absolute atomic E-state index is 10.8. The molecule has 0 atom stereocenters. The molecule has 1 aromatic heterocycles. The van der Waals surface area contributed by atoms with E-state index < -0.39 is 5.97 Å². The van der Waals surface area contributed by atoms with Gasteiger partial charge in [0.05, 0.1) is 16.8 Å². The second kappa shape index (κ2) is 4.13. The fraction of sp³-hybridized carbons (Fsp3) is 0. The fourth-order valence-electron chi connectivity index (χ4n) is 2.03. The van der Waals surface area contributed by atoms with Crippen LogP contribution in [0.25, 0.3) is 16.6 Å². The van der Waals surface area contributed by atoms with Crippen LogP contribution in [0.5, 0.6) is 0 Å². The first kappa shape index (κ1) is 11.3. The number of para-hydroxylation sites is 1. The molecule has 0 aliphatic heterocycles. The summed E-state index contributed by atoms with van der Waals surface area (Å²) in [7, 11) is 0. The topological polar surface area (TPSA) is 81.1 Å². The summed E-state index contributed by atoms with van der Waals surface area (Å²) in [6.45, 7) is 0. The molecule has 5 heteroatoms. The van der Waals surface area contributed by atoms with Gasteiger partial charge in [0.15, 0.2) is 5.82 Å². The first-order chi connectivity index (χ1) is 9.16. The summed E-state index contributed by atoms with van der Waals surface area (Å²) in [4.78, 5) is 10.8. The van der Waals surface area contributed by atoms with Crippen molar-refractivity contribution in [3.8, 4) is 5.69 Å². The van der Waals surface area contributed by atoms with Gasteiger partial charge in [-0.3, -0.25) is 0 Å². The number of carboxylic acid groups (broad SMARTS) is 1. The normalized spacial score (nSPS) is 10.7. The average Bonchev–Trinajstić information content (AvgIpc) is 2.77. The standard InChI is InChI=1S/C14H11N3O2/c15-13-11-3-1-2-4-12(11)17(16-13)10-7-5-9(6-8-10)14(18)19/h1-8H,(H2,15,16)(H,18,19). The van der Waals surface area contributed by atoms with E-state index in [0.29, 0.717) is 5.82 Å². The number of fused-ring (bicyclic) bond motifs is 1. The molecule has 3 aromatic rings. The monoisotopic (exact) mass is 253 g/mol. The summed E-state index contributed by atoms with van der Waals surface area (Å²) in [5, 5.41) is 14.0. The molecule has 0 radical (unpaired) electrons. The fourth-order valence-corrected chi connectivity index (χ4v) is 2.03. The van der Waals surface area contributed by atoms with E-state index in [1.54, 1.807) is 28.9 Å². The van der Waals surface area contributed by atoms with Gasteiger partial charge in [-0.05, 0) is 36.4 Å². The molecule has 5 nitrogen and oxygen atoms in total. The summed E-state index contributed by atoms with van der Waals surface area (Å²) in [6.07, 6.45) is 0. The van der Waals surface area contributed by atoms with Crippen LogP contribution in [-0.4, -0.2) is 20.9 Å². The van der Waals surface area contributed by atoms with Crippen molar-refractivity contribution in [3.63, 3.8) is 0 Å². The first-order valence-electron chi connectivity index (χ1n) is 5.74. The Morgan fingerprint density at radius 3 is 2.47 bits per heavy atom. The predicted octanol–water partition coefficient (Wildman–Crippen LogP) is 2.31. The van der Waals surface area contributed by atoms with Gasteiger partial charge in [0.25, 0.3) is 0 Å².